The molecule has 14 heavy (non-hydrogen) atoms. The van der Waals surface area contributed by atoms with Gasteiger partial charge in [-0.1, -0.05) is 0 Å². The molecule has 1 fully saturated rings. The van der Waals surface area contributed by atoms with Crippen molar-refractivity contribution in [1.29, 1.82) is 0 Å². The molecule has 2 aromatic rings. The zero-order valence-corrected chi connectivity index (χ0v) is 8.13. The van der Waals surface area contributed by atoms with Gasteiger partial charge in [0.1, 0.15) is 5.75 Å². The number of methoxy groups -OCH3 is 1. The van der Waals surface area contributed by atoms with Crippen LogP contribution in [0.5, 0.6) is 5.75 Å². The lowest BCUT2D eigenvalue weighted by molar-refractivity contribution is 0.419. The first-order chi connectivity index (χ1) is 6.88. The third-order valence-corrected chi connectivity index (χ3v) is 2.81. The van der Waals surface area contributed by atoms with Gasteiger partial charge < -0.3 is 9.72 Å². The van der Waals surface area contributed by atoms with E-state index in [4.69, 9.17) is 4.74 Å². The Morgan fingerprint density at radius 1 is 1.43 bits per heavy atom. The Morgan fingerprint density at radius 2 is 2.29 bits per heavy atom. The SMILES string of the molecule is COc1c[c]cc2cc(C3CC3)[nH]c12. The van der Waals surface area contributed by atoms with Gasteiger partial charge in [0.05, 0.1) is 12.6 Å². The van der Waals surface area contributed by atoms with E-state index >= 15 is 0 Å². The van der Waals surface area contributed by atoms with Gasteiger partial charge in [0, 0.05) is 11.1 Å². The maximum absolute atomic E-state index is 5.28. The first-order valence-corrected chi connectivity index (χ1v) is 4.95. The van der Waals surface area contributed by atoms with Crippen LogP contribution in [0.2, 0.25) is 0 Å². The molecule has 0 spiro atoms. The summed E-state index contributed by atoms with van der Waals surface area (Å²) in [6.45, 7) is 0. The van der Waals surface area contributed by atoms with Gasteiger partial charge in [0.25, 0.3) is 0 Å². The van der Waals surface area contributed by atoms with E-state index < -0.39 is 0 Å². The molecule has 0 aliphatic heterocycles. The molecule has 0 saturated heterocycles. The fourth-order valence-corrected chi connectivity index (χ4v) is 1.86. The number of aromatic amines is 1. The van der Waals surface area contributed by atoms with Crippen molar-refractivity contribution in [2.24, 2.45) is 0 Å². The Kier molecular flexibility index (Phi) is 1.57. The molecule has 1 aliphatic carbocycles. The second-order valence-electron chi connectivity index (χ2n) is 3.85. The minimum absolute atomic E-state index is 0.757. The van der Waals surface area contributed by atoms with Crippen LogP contribution >= 0.6 is 0 Å². The van der Waals surface area contributed by atoms with Gasteiger partial charge in [0.2, 0.25) is 0 Å². The average molecular weight is 186 g/mol. The number of rotatable bonds is 2. The molecule has 2 heteroatoms. The van der Waals surface area contributed by atoms with Crippen molar-refractivity contribution in [3.63, 3.8) is 0 Å². The third-order valence-electron chi connectivity index (χ3n) is 2.81. The minimum Gasteiger partial charge on any atom is -0.495 e. The maximum atomic E-state index is 5.28. The molecule has 1 saturated carbocycles. The highest BCUT2D eigenvalue weighted by Crippen LogP contribution is 2.41. The van der Waals surface area contributed by atoms with Gasteiger partial charge in [-0.3, -0.25) is 0 Å². The van der Waals surface area contributed by atoms with Gasteiger partial charge in [-0.2, -0.15) is 0 Å². The van der Waals surface area contributed by atoms with Gasteiger partial charge in [0.15, 0.2) is 0 Å². The Hall–Kier alpha value is -1.44. The van der Waals surface area contributed by atoms with Crippen LogP contribution in [0.1, 0.15) is 24.5 Å². The van der Waals surface area contributed by atoms with Crippen LogP contribution in [-0.2, 0) is 0 Å². The molecule has 1 N–H and O–H groups in total. The van der Waals surface area contributed by atoms with E-state index in [0.717, 1.165) is 17.2 Å². The predicted octanol–water partition coefficient (Wildman–Crippen LogP) is 2.85. The van der Waals surface area contributed by atoms with Crippen LogP contribution in [0.25, 0.3) is 10.9 Å². The fraction of sp³-hybridized carbons (Fsp3) is 0.333. The average Bonchev–Trinajstić information content (AvgIpc) is 2.97. The van der Waals surface area contributed by atoms with Gasteiger partial charge in [-0.15, -0.1) is 0 Å². The number of nitrogens with one attached hydrogen (secondary N) is 1. The number of ether oxygens (including phenoxy) is 1. The van der Waals surface area contributed by atoms with Crippen LogP contribution < -0.4 is 4.74 Å². The van der Waals surface area contributed by atoms with E-state index in [0.29, 0.717) is 0 Å². The molecule has 1 radical (unpaired) electrons. The Bertz CT molecular complexity index is 468. The number of hydrogen-bond donors (Lipinski definition) is 1. The fourth-order valence-electron chi connectivity index (χ4n) is 1.86. The zero-order valence-electron chi connectivity index (χ0n) is 8.13. The van der Waals surface area contributed by atoms with E-state index in [9.17, 15) is 0 Å². The summed E-state index contributed by atoms with van der Waals surface area (Å²) in [5, 5.41) is 1.20. The van der Waals surface area contributed by atoms with E-state index in [1.807, 2.05) is 12.1 Å². The van der Waals surface area contributed by atoms with Crippen molar-refractivity contribution in [3.05, 3.63) is 30.0 Å². The highest BCUT2D eigenvalue weighted by molar-refractivity contribution is 5.86. The molecular weight excluding hydrogens is 174 g/mol. The van der Waals surface area contributed by atoms with Crippen molar-refractivity contribution in [2.45, 2.75) is 18.8 Å². The molecule has 0 amide bonds. The third kappa shape index (κ3) is 1.10. The number of H-pyrrole nitrogens is 1. The second-order valence-corrected chi connectivity index (χ2v) is 3.85. The van der Waals surface area contributed by atoms with Crippen molar-refractivity contribution in [2.75, 3.05) is 7.11 Å². The number of benzene rings is 1. The van der Waals surface area contributed by atoms with E-state index in [1.54, 1.807) is 7.11 Å². The van der Waals surface area contributed by atoms with Crippen molar-refractivity contribution < 1.29 is 4.74 Å². The molecule has 1 aliphatic rings. The van der Waals surface area contributed by atoms with Gasteiger partial charge >= 0.3 is 0 Å². The molecule has 1 aromatic carbocycles. The first-order valence-electron chi connectivity index (χ1n) is 4.95. The predicted molar refractivity (Wildman–Crippen MR) is 55.7 cm³/mol. The molecule has 0 bridgehead atoms. The van der Waals surface area contributed by atoms with E-state index in [1.165, 1.54) is 23.9 Å². The van der Waals surface area contributed by atoms with Crippen molar-refractivity contribution in [3.8, 4) is 5.75 Å². The number of hydrogen-bond acceptors (Lipinski definition) is 1. The highest BCUT2D eigenvalue weighted by Gasteiger charge is 2.25. The summed E-state index contributed by atoms with van der Waals surface area (Å²) in [7, 11) is 1.69. The van der Waals surface area contributed by atoms with E-state index in [2.05, 4.69) is 17.1 Å². The molecule has 1 heterocycles. The summed E-state index contributed by atoms with van der Waals surface area (Å²) >= 11 is 0. The normalized spacial score (nSPS) is 16.1. The Labute approximate surface area is 82.9 Å². The largest absolute Gasteiger partial charge is 0.495 e. The molecular formula is C12H12NO. The molecule has 0 atom stereocenters. The standard InChI is InChI=1S/C12H12NO/c1-14-11-4-2-3-9-7-10(8-5-6-8)13-12(9)11/h3-4,7-8,13H,5-6H2,1H3. The Balaban J connectivity index is 2.20. The van der Waals surface area contributed by atoms with Crippen molar-refractivity contribution >= 4 is 10.9 Å². The summed E-state index contributed by atoms with van der Waals surface area (Å²) in [4.78, 5) is 3.43. The zero-order chi connectivity index (χ0) is 9.54. The topological polar surface area (TPSA) is 25.0 Å². The maximum Gasteiger partial charge on any atom is 0.143 e. The number of aromatic nitrogens is 1. The van der Waals surface area contributed by atoms with Gasteiger partial charge in [-0.25, -0.2) is 0 Å². The molecule has 2 nitrogen and oxygen atoms in total. The lowest BCUT2D eigenvalue weighted by Crippen LogP contribution is -1.84. The molecule has 0 unspecified atom stereocenters. The van der Waals surface area contributed by atoms with Gasteiger partial charge in [-0.05, 0) is 43.0 Å². The monoisotopic (exact) mass is 186 g/mol. The first kappa shape index (κ1) is 7.92. The lowest BCUT2D eigenvalue weighted by Gasteiger charge is -1.99. The van der Waals surface area contributed by atoms with Crippen molar-refractivity contribution in [1.82, 2.24) is 4.98 Å². The highest BCUT2D eigenvalue weighted by atomic mass is 16.5. The quantitative estimate of drug-likeness (QED) is 0.766. The van der Waals surface area contributed by atoms with Crippen LogP contribution in [0.15, 0.2) is 18.2 Å². The summed E-state index contributed by atoms with van der Waals surface area (Å²) in [5.41, 5.74) is 2.45. The van der Waals surface area contributed by atoms with Crippen LogP contribution in [0.3, 0.4) is 0 Å². The Morgan fingerprint density at radius 3 is 3.00 bits per heavy atom. The minimum atomic E-state index is 0.757. The van der Waals surface area contributed by atoms with Crippen LogP contribution in [0.4, 0.5) is 0 Å². The van der Waals surface area contributed by atoms with E-state index in [-0.39, 0.29) is 0 Å². The summed E-state index contributed by atoms with van der Waals surface area (Å²) in [6.07, 6.45) is 2.64. The summed E-state index contributed by atoms with van der Waals surface area (Å²) in [5.74, 6) is 1.64. The van der Waals surface area contributed by atoms with Crippen LogP contribution in [0, 0.1) is 6.07 Å². The lowest BCUT2D eigenvalue weighted by atomic mass is 10.2. The second kappa shape index (κ2) is 2.77. The molecule has 71 valence electrons. The molecule has 1 aromatic heterocycles. The summed E-state index contributed by atoms with van der Waals surface area (Å²) in [6, 6.07) is 9.17. The number of fused-ring (bicyclic) bond motifs is 1. The summed E-state index contributed by atoms with van der Waals surface area (Å²) < 4.78 is 5.28. The smallest absolute Gasteiger partial charge is 0.143 e. The molecule has 3 rings (SSSR count). The van der Waals surface area contributed by atoms with Crippen LogP contribution in [-0.4, -0.2) is 12.1 Å².